The van der Waals surface area contributed by atoms with Crippen LogP contribution in [-0.2, 0) is 9.53 Å². The Kier molecular flexibility index (Phi) is 2.53. The van der Waals surface area contributed by atoms with Crippen molar-refractivity contribution in [2.45, 2.75) is 0 Å². The maximum atomic E-state index is 10.8. The van der Waals surface area contributed by atoms with Crippen molar-refractivity contribution >= 4 is 12.0 Å². The number of nitrogens with two attached hydrogens (primary N) is 1. The summed E-state index contributed by atoms with van der Waals surface area (Å²) in [6.45, 7) is 0. The lowest BCUT2D eigenvalue weighted by Gasteiger charge is -1.95. The van der Waals surface area contributed by atoms with Gasteiger partial charge in [0.15, 0.2) is 0 Å². The summed E-state index contributed by atoms with van der Waals surface area (Å²) in [5, 5.41) is 0. The minimum absolute atomic E-state index is 0.0208. The van der Waals surface area contributed by atoms with Gasteiger partial charge in [-0.1, -0.05) is 0 Å². The first kappa shape index (κ1) is 8.39. The van der Waals surface area contributed by atoms with Crippen LogP contribution in [0.15, 0.2) is 28.5 Å². The number of methoxy groups -OCH3 is 1. The number of hydrogen-bond donors (Lipinski definition) is 1. The zero-order valence-electron chi connectivity index (χ0n) is 6.61. The molecule has 1 heterocycles. The fourth-order valence-corrected chi connectivity index (χ4v) is 0.703. The summed E-state index contributed by atoms with van der Waals surface area (Å²) in [6.07, 6.45) is 2.90. The highest BCUT2D eigenvalue weighted by atomic mass is 16.5. The van der Waals surface area contributed by atoms with E-state index in [1.165, 1.54) is 19.4 Å². The minimum Gasteiger partial charge on any atom is -0.465 e. The molecule has 1 rings (SSSR count). The Morgan fingerprint density at radius 2 is 2.50 bits per heavy atom. The third-order valence-electron chi connectivity index (χ3n) is 1.26. The molecule has 0 atom stereocenters. The van der Waals surface area contributed by atoms with Crippen LogP contribution < -0.4 is 5.73 Å². The molecule has 0 radical (unpaired) electrons. The van der Waals surface area contributed by atoms with Crippen LogP contribution in [-0.4, -0.2) is 13.1 Å². The largest absolute Gasteiger partial charge is 0.465 e. The van der Waals surface area contributed by atoms with Crippen molar-refractivity contribution in [2.75, 3.05) is 7.11 Å². The summed E-state index contributed by atoms with van der Waals surface area (Å²) >= 11 is 0. The number of esters is 1. The van der Waals surface area contributed by atoms with Crippen molar-refractivity contribution in [1.82, 2.24) is 0 Å². The Morgan fingerprint density at radius 3 is 3.00 bits per heavy atom. The summed E-state index contributed by atoms with van der Waals surface area (Å²) in [4.78, 5) is 10.8. The number of carbonyl (C=O) groups excluding carboxylic acids is 1. The van der Waals surface area contributed by atoms with Gasteiger partial charge in [-0.3, -0.25) is 0 Å². The Balaban J connectivity index is 2.76. The molecule has 64 valence electrons. The first-order chi connectivity index (χ1) is 5.74. The predicted molar refractivity (Wildman–Crippen MR) is 42.9 cm³/mol. The van der Waals surface area contributed by atoms with Crippen molar-refractivity contribution < 1.29 is 13.9 Å². The smallest absolute Gasteiger partial charge is 0.354 e. The molecule has 2 N–H and O–H groups in total. The van der Waals surface area contributed by atoms with E-state index >= 15 is 0 Å². The first-order valence-electron chi connectivity index (χ1n) is 3.33. The van der Waals surface area contributed by atoms with E-state index in [9.17, 15) is 4.79 Å². The highest BCUT2D eigenvalue weighted by Gasteiger charge is 2.04. The Morgan fingerprint density at radius 1 is 1.75 bits per heavy atom. The molecule has 1 aromatic heterocycles. The fourth-order valence-electron chi connectivity index (χ4n) is 0.703. The number of rotatable bonds is 2. The van der Waals surface area contributed by atoms with Crippen LogP contribution in [0.1, 0.15) is 5.76 Å². The molecule has 1 aromatic rings. The van der Waals surface area contributed by atoms with Gasteiger partial charge >= 0.3 is 5.97 Å². The second kappa shape index (κ2) is 3.61. The highest BCUT2D eigenvalue weighted by molar-refractivity contribution is 5.91. The highest BCUT2D eigenvalue weighted by Crippen LogP contribution is 2.04. The van der Waals surface area contributed by atoms with Gasteiger partial charge in [-0.2, -0.15) is 0 Å². The molecule has 12 heavy (non-hydrogen) atoms. The maximum absolute atomic E-state index is 10.8. The average molecular weight is 167 g/mol. The second-order valence-corrected chi connectivity index (χ2v) is 2.11. The van der Waals surface area contributed by atoms with Gasteiger partial charge in [-0.15, -0.1) is 0 Å². The van der Waals surface area contributed by atoms with Crippen molar-refractivity contribution in [3.8, 4) is 0 Å². The zero-order valence-corrected chi connectivity index (χ0v) is 6.61. The van der Waals surface area contributed by atoms with Crippen molar-refractivity contribution in [3.05, 3.63) is 29.9 Å². The van der Waals surface area contributed by atoms with E-state index < -0.39 is 5.97 Å². The second-order valence-electron chi connectivity index (χ2n) is 2.11. The Labute approximate surface area is 69.6 Å². The molecule has 0 unspecified atom stereocenters. The molecule has 0 spiro atoms. The SMILES string of the molecule is COC(=O)/C(N)=C/c1ccco1. The summed E-state index contributed by atoms with van der Waals surface area (Å²) in [7, 11) is 1.27. The third-order valence-corrected chi connectivity index (χ3v) is 1.26. The summed E-state index contributed by atoms with van der Waals surface area (Å²) in [6, 6.07) is 3.40. The van der Waals surface area contributed by atoms with Gasteiger partial charge in [-0.25, -0.2) is 4.79 Å². The predicted octanol–water partition coefficient (Wildman–Crippen LogP) is 0.752. The van der Waals surface area contributed by atoms with Crippen LogP contribution >= 0.6 is 0 Å². The molecular weight excluding hydrogens is 158 g/mol. The van der Waals surface area contributed by atoms with E-state index in [1.54, 1.807) is 12.1 Å². The van der Waals surface area contributed by atoms with E-state index in [0.717, 1.165) is 0 Å². The van der Waals surface area contributed by atoms with Crippen LogP contribution in [0.3, 0.4) is 0 Å². The fraction of sp³-hybridized carbons (Fsp3) is 0.125. The van der Waals surface area contributed by atoms with Gasteiger partial charge in [0.05, 0.1) is 13.4 Å². The van der Waals surface area contributed by atoms with E-state index in [4.69, 9.17) is 10.2 Å². The molecule has 0 saturated carbocycles. The van der Waals surface area contributed by atoms with E-state index in [0.29, 0.717) is 5.76 Å². The number of carbonyl (C=O) groups is 1. The van der Waals surface area contributed by atoms with E-state index in [1.807, 2.05) is 0 Å². The molecule has 0 aliphatic rings. The van der Waals surface area contributed by atoms with Gasteiger partial charge in [0.25, 0.3) is 0 Å². The van der Waals surface area contributed by atoms with Crippen LogP contribution in [0.25, 0.3) is 6.08 Å². The standard InChI is InChI=1S/C8H9NO3/c1-11-8(10)7(9)5-6-3-2-4-12-6/h2-5H,9H2,1H3/b7-5-. The van der Waals surface area contributed by atoms with Crippen molar-refractivity contribution in [3.63, 3.8) is 0 Å². The molecular formula is C8H9NO3. The molecule has 0 fully saturated rings. The minimum atomic E-state index is -0.564. The number of ether oxygens (including phenoxy) is 1. The van der Waals surface area contributed by atoms with Gasteiger partial charge in [0.1, 0.15) is 11.5 Å². The molecule has 0 saturated heterocycles. The van der Waals surface area contributed by atoms with Crippen LogP contribution in [0.5, 0.6) is 0 Å². The zero-order chi connectivity index (χ0) is 8.97. The maximum Gasteiger partial charge on any atom is 0.354 e. The van der Waals surface area contributed by atoms with E-state index in [2.05, 4.69) is 4.74 Å². The molecule has 4 nitrogen and oxygen atoms in total. The lowest BCUT2D eigenvalue weighted by molar-refractivity contribution is -0.136. The summed E-state index contributed by atoms with van der Waals surface area (Å²) in [5.74, 6) is -0.0377. The molecule has 0 aliphatic heterocycles. The quantitative estimate of drug-likeness (QED) is 0.521. The van der Waals surface area contributed by atoms with Gasteiger partial charge in [0.2, 0.25) is 0 Å². The summed E-state index contributed by atoms with van der Waals surface area (Å²) in [5.41, 5.74) is 5.37. The van der Waals surface area contributed by atoms with Gasteiger partial charge in [-0.05, 0) is 12.1 Å². The summed E-state index contributed by atoms with van der Waals surface area (Å²) < 4.78 is 9.32. The van der Waals surface area contributed by atoms with Crippen LogP contribution in [0.4, 0.5) is 0 Å². The van der Waals surface area contributed by atoms with Crippen LogP contribution in [0, 0.1) is 0 Å². The lowest BCUT2D eigenvalue weighted by Crippen LogP contribution is -2.12. The molecule has 0 aromatic carbocycles. The van der Waals surface area contributed by atoms with Gasteiger partial charge in [0, 0.05) is 6.08 Å². The van der Waals surface area contributed by atoms with Crippen molar-refractivity contribution in [2.24, 2.45) is 5.73 Å². The first-order valence-corrected chi connectivity index (χ1v) is 3.33. The topological polar surface area (TPSA) is 65.5 Å². The molecule has 0 amide bonds. The average Bonchev–Trinajstić information content (AvgIpc) is 2.55. The normalized spacial score (nSPS) is 11.2. The van der Waals surface area contributed by atoms with Crippen LogP contribution in [0.2, 0.25) is 0 Å². The number of hydrogen-bond acceptors (Lipinski definition) is 4. The molecule has 0 bridgehead atoms. The number of furan rings is 1. The van der Waals surface area contributed by atoms with E-state index in [-0.39, 0.29) is 5.70 Å². The Bertz CT molecular complexity index is 287. The van der Waals surface area contributed by atoms with Crippen molar-refractivity contribution in [1.29, 1.82) is 0 Å². The molecule has 4 heteroatoms. The van der Waals surface area contributed by atoms with Gasteiger partial charge < -0.3 is 14.9 Å². The molecule has 0 aliphatic carbocycles. The monoisotopic (exact) mass is 167 g/mol. The third kappa shape index (κ3) is 1.88. The Hall–Kier alpha value is -1.71. The lowest BCUT2D eigenvalue weighted by atomic mass is 10.3.